The maximum atomic E-state index is 10.7. The third-order valence-corrected chi connectivity index (χ3v) is 3.87. The molecule has 0 N–H and O–H groups in total. The minimum atomic E-state index is 0.595. The average Bonchev–Trinajstić information content (AvgIpc) is 2.30. The molecule has 0 spiro atoms. The molecule has 0 saturated heterocycles. The maximum absolute atomic E-state index is 10.7. The number of aldehydes is 1. The second-order valence-corrected chi connectivity index (χ2v) is 5.05. The molecule has 1 fully saturated rings. The number of carbonyl (C=O) groups is 1. The van der Waals surface area contributed by atoms with Gasteiger partial charge in [-0.2, -0.15) is 0 Å². The second-order valence-electron chi connectivity index (χ2n) is 5.05. The second kappa shape index (κ2) is 5.33. The highest BCUT2D eigenvalue weighted by molar-refractivity contribution is 5.50. The lowest BCUT2D eigenvalue weighted by Gasteiger charge is -2.35. The van der Waals surface area contributed by atoms with Crippen molar-refractivity contribution in [2.24, 2.45) is 11.8 Å². The Morgan fingerprint density at radius 1 is 1.44 bits per heavy atom. The first kappa shape index (κ1) is 11.4. The van der Waals surface area contributed by atoms with Gasteiger partial charge in [-0.05, 0) is 42.5 Å². The van der Waals surface area contributed by atoms with E-state index in [1.165, 1.54) is 31.3 Å². The van der Waals surface area contributed by atoms with Crippen LogP contribution in [0.4, 0.5) is 0 Å². The zero-order valence-electron chi connectivity index (χ0n) is 10.1. The van der Waals surface area contributed by atoms with E-state index in [0.717, 1.165) is 19.3 Å². The van der Waals surface area contributed by atoms with E-state index in [0.29, 0.717) is 11.8 Å². The molecular weight excluding hydrogens is 198 g/mol. The summed E-state index contributed by atoms with van der Waals surface area (Å²) in [6, 6.07) is 0. The lowest BCUT2D eigenvalue weighted by atomic mass is 9.73. The fraction of sp³-hybridized carbons (Fsp3) is 0.643. The Bertz CT molecular complexity index is 306. The van der Waals surface area contributed by atoms with E-state index in [4.69, 9.17) is 0 Å². The molecule has 1 aliphatic heterocycles. The van der Waals surface area contributed by atoms with Crippen molar-refractivity contribution in [1.82, 2.24) is 4.90 Å². The molecule has 0 unspecified atom stereocenters. The van der Waals surface area contributed by atoms with Crippen LogP contribution in [0.5, 0.6) is 0 Å². The van der Waals surface area contributed by atoms with Crippen LogP contribution in [0, 0.1) is 11.8 Å². The lowest BCUT2D eigenvalue weighted by molar-refractivity contribution is -0.109. The van der Waals surface area contributed by atoms with Crippen LogP contribution in [0.25, 0.3) is 0 Å². The minimum Gasteiger partial charge on any atom is -0.376 e. The van der Waals surface area contributed by atoms with E-state index in [9.17, 15) is 4.79 Å². The molecule has 2 rings (SSSR count). The molecule has 0 radical (unpaired) electrons. The van der Waals surface area contributed by atoms with Crippen LogP contribution >= 0.6 is 0 Å². The molecule has 1 heterocycles. The summed E-state index contributed by atoms with van der Waals surface area (Å²) in [4.78, 5) is 12.9. The largest absolute Gasteiger partial charge is 0.376 e. The van der Waals surface area contributed by atoms with Crippen molar-refractivity contribution in [2.45, 2.75) is 32.1 Å². The maximum Gasteiger partial charge on any atom is 0.120 e. The standard InChI is InChI=1S/C14H21NO/c1-15-9-4-6-13(11-15)14-7-3-2-5-12(14)8-10-16/h4,6,9-10,12,14H,2-3,5,7-8,11H2,1H3/t12-,14+/m0/s1. The summed E-state index contributed by atoms with van der Waals surface area (Å²) in [5.74, 6) is 1.24. The van der Waals surface area contributed by atoms with Gasteiger partial charge in [0.2, 0.25) is 0 Å². The summed E-state index contributed by atoms with van der Waals surface area (Å²) < 4.78 is 0. The summed E-state index contributed by atoms with van der Waals surface area (Å²) >= 11 is 0. The van der Waals surface area contributed by atoms with Gasteiger partial charge >= 0.3 is 0 Å². The number of hydrogen-bond donors (Lipinski definition) is 0. The van der Waals surface area contributed by atoms with Crippen LogP contribution in [0.15, 0.2) is 23.9 Å². The van der Waals surface area contributed by atoms with Gasteiger partial charge < -0.3 is 9.69 Å². The van der Waals surface area contributed by atoms with Gasteiger partial charge in [0.15, 0.2) is 0 Å². The molecule has 0 amide bonds. The number of nitrogens with zero attached hydrogens (tertiary/aromatic N) is 1. The van der Waals surface area contributed by atoms with Gasteiger partial charge in [-0.25, -0.2) is 0 Å². The van der Waals surface area contributed by atoms with Gasteiger partial charge in [0, 0.05) is 20.0 Å². The third-order valence-electron chi connectivity index (χ3n) is 3.87. The third kappa shape index (κ3) is 2.55. The van der Waals surface area contributed by atoms with Crippen LogP contribution in [0.3, 0.4) is 0 Å². The van der Waals surface area contributed by atoms with Crippen LogP contribution < -0.4 is 0 Å². The Hall–Kier alpha value is -1.05. The Labute approximate surface area is 98.0 Å². The summed E-state index contributed by atoms with van der Waals surface area (Å²) in [5, 5.41) is 0. The van der Waals surface area contributed by atoms with Crippen LogP contribution in [0.2, 0.25) is 0 Å². The lowest BCUT2D eigenvalue weighted by Crippen LogP contribution is -2.28. The predicted octanol–water partition coefficient (Wildman–Crippen LogP) is 2.77. The summed E-state index contributed by atoms with van der Waals surface area (Å²) in [6.45, 7) is 1.04. The number of likely N-dealkylation sites (N-methyl/N-ethyl adjacent to an activating group) is 1. The van der Waals surface area contributed by atoms with Crippen molar-refractivity contribution >= 4 is 6.29 Å². The van der Waals surface area contributed by atoms with Crippen molar-refractivity contribution in [2.75, 3.05) is 13.6 Å². The van der Waals surface area contributed by atoms with Crippen LogP contribution in [0.1, 0.15) is 32.1 Å². The smallest absolute Gasteiger partial charge is 0.120 e. The van der Waals surface area contributed by atoms with E-state index in [-0.39, 0.29) is 0 Å². The zero-order valence-corrected chi connectivity index (χ0v) is 10.1. The monoisotopic (exact) mass is 219 g/mol. The Kier molecular flexibility index (Phi) is 3.81. The van der Waals surface area contributed by atoms with Gasteiger partial charge in [-0.3, -0.25) is 0 Å². The quantitative estimate of drug-likeness (QED) is 0.680. The first-order valence-electron chi connectivity index (χ1n) is 6.32. The van der Waals surface area contributed by atoms with Crippen molar-refractivity contribution in [3.8, 4) is 0 Å². The van der Waals surface area contributed by atoms with Crippen molar-refractivity contribution in [3.05, 3.63) is 23.9 Å². The predicted molar refractivity (Wildman–Crippen MR) is 66.0 cm³/mol. The van der Waals surface area contributed by atoms with E-state index in [1.54, 1.807) is 0 Å². The molecule has 88 valence electrons. The summed E-state index contributed by atoms with van der Waals surface area (Å²) in [6.07, 6.45) is 13.5. The number of carbonyl (C=O) groups excluding carboxylic acids is 1. The molecule has 0 bridgehead atoms. The van der Waals surface area contributed by atoms with Gasteiger partial charge in [0.25, 0.3) is 0 Å². The summed E-state index contributed by atoms with van der Waals surface area (Å²) in [7, 11) is 2.11. The molecule has 0 aromatic heterocycles. The molecule has 16 heavy (non-hydrogen) atoms. The van der Waals surface area contributed by atoms with Gasteiger partial charge in [-0.15, -0.1) is 0 Å². The molecule has 0 aromatic rings. The zero-order chi connectivity index (χ0) is 11.4. The first-order chi connectivity index (χ1) is 7.81. The molecule has 2 atom stereocenters. The first-order valence-corrected chi connectivity index (χ1v) is 6.32. The molecule has 1 saturated carbocycles. The SMILES string of the molecule is CN1C=CC=C([C@@H]2CCCC[C@H]2CC=O)C1. The van der Waals surface area contributed by atoms with Crippen LogP contribution in [-0.4, -0.2) is 24.8 Å². The van der Waals surface area contributed by atoms with Gasteiger partial charge in [0.1, 0.15) is 6.29 Å². The molecular formula is C14H21NO. The van der Waals surface area contributed by atoms with E-state index in [1.807, 2.05) is 0 Å². The highest BCUT2D eigenvalue weighted by Gasteiger charge is 2.28. The van der Waals surface area contributed by atoms with Crippen molar-refractivity contribution in [3.63, 3.8) is 0 Å². The van der Waals surface area contributed by atoms with Crippen molar-refractivity contribution < 1.29 is 4.79 Å². The Balaban J connectivity index is 2.07. The molecule has 2 heteroatoms. The Morgan fingerprint density at radius 2 is 2.25 bits per heavy atom. The van der Waals surface area contributed by atoms with Crippen LogP contribution in [-0.2, 0) is 4.79 Å². The topological polar surface area (TPSA) is 20.3 Å². The van der Waals surface area contributed by atoms with Gasteiger partial charge in [0.05, 0.1) is 0 Å². The highest BCUT2D eigenvalue weighted by atomic mass is 16.1. The van der Waals surface area contributed by atoms with E-state index in [2.05, 4.69) is 30.3 Å². The number of rotatable bonds is 3. The van der Waals surface area contributed by atoms with E-state index < -0.39 is 0 Å². The molecule has 2 nitrogen and oxygen atoms in total. The number of allylic oxidation sites excluding steroid dienone is 2. The fourth-order valence-electron chi connectivity index (χ4n) is 3.05. The average molecular weight is 219 g/mol. The highest BCUT2D eigenvalue weighted by Crippen LogP contribution is 2.37. The fourth-order valence-corrected chi connectivity index (χ4v) is 3.05. The number of hydrogen-bond acceptors (Lipinski definition) is 2. The molecule has 1 aliphatic carbocycles. The minimum absolute atomic E-state index is 0.595. The summed E-state index contributed by atoms with van der Waals surface area (Å²) in [5.41, 5.74) is 1.52. The van der Waals surface area contributed by atoms with E-state index >= 15 is 0 Å². The van der Waals surface area contributed by atoms with Crippen molar-refractivity contribution in [1.29, 1.82) is 0 Å². The molecule has 0 aromatic carbocycles. The normalized spacial score (nSPS) is 30.1. The van der Waals surface area contributed by atoms with Gasteiger partial charge in [-0.1, -0.05) is 18.9 Å². The molecule has 2 aliphatic rings. The Morgan fingerprint density at radius 3 is 3.00 bits per heavy atom.